The Hall–Kier alpha value is -4.14. The molecule has 1 fully saturated rings. The molecule has 5 rings (SSSR count). The summed E-state index contributed by atoms with van der Waals surface area (Å²) in [6, 6.07) is 25.8. The van der Waals surface area contributed by atoms with Crippen LogP contribution in [0.15, 0.2) is 94.6 Å². The average molecular weight is 529 g/mol. The zero-order valence-electron chi connectivity index (χ0n) is 22.3. The van der Waals surface area contributed by atoms with Crippen LogP contribution < -0.4 is 20.7 Å². The summed E-state index contributed by atoms with van der Waals surface area (Å²) in [5.41, 5.74) is 1.46. The molecule has 1 aromatic heterocycles. The summed E-state index contributed by atoms with van der Waals surface area (Å²) in [4.78, 5) is 26.6. The normalized spacial score (nSPS) is 17.2. The molecule has 1 N–H and O–H groups in total. The van der Waals surface area contributed by atoms with Crippen molar-refractivity contribution >= 4 is 0 Å². The van der Waals surface area contributed by atoms with E-state index >= 15 is 0 Å². The van der Waals surface area contributed by atoms with E-state index in [4.69, 9.17) is 18.9 Å². The van der Waals surface area contributed by atoms with Gasteiger partial charge >= 0.3 is 5.69 Å². The van der Waals surface area contributed by atoms with Crippen LogP contribution in [-0.2, 0) is 15.1 Å². The lowest BCUT2D eigenvalue weighted by Crippen LogP contribution is -2.36. The SMILES string of the molecule is COc1ccc(C(OC[C@@H]2CCC(n3cc(C)c(=O)[nH]c3=O)O2)(c2ccccc2)c2ccc(OC)cc2)cc1. The maximum atomic E-state index is 12.4. The molecule has 8 nitrogen and oxygen atoms in total. The lowest BCUT2D eigenvalue weighted by atomic mass is 9.80. The Morgan fingerprint density at radius 2 is 1.41 bits per heavy atom. The Labute approximate surface area is 226 Å². The highest BCUT2D eigenvalue weighted by Crippen LogP contribution is 2.42. The van der Waals surface area contributed by atoms with Crippen LogP contribution in [0, 0.1) is 6.92 Å². The Kier molecular flexibility index (Phi) is 7.67. The molecule has 1 aliphatic heterocycles. The van der Waals surface area contributed by atoms with Crippen molar-refractivity contribution in [3.8, 4) is 11.5 Å². The lowest BCUT2D eigenvalue weighted by molar-refractivity contribution is -0.0774. The van der Waals surface area contributed by atoms with Gasteiger partial charge in [0.2, 0.25) is 0 Å². The van der Waals surface area contributed by atoms with Gasteiger partial charge in [-0.2, -0.15) is 0 Å². The Morgan fingerprint density at radius 3 is 1.97 bits per heavy atom. The van der Waals surface area contributed by atoms with Gasteiger partial charge in [-0.05, 0) is 60.7 Å². The number of benzene rings is 3. The summed E-state index contributed by atoms with van der Waals surface area (Å²) >= 11 is 0. The summed E-state index contributed by atoms with van der Waals surface area (Å²) < 4.78 is 25.5. The maximum absolute atomic E-state index is 12.4. The summed E-state index contributed by atoms with van der Waals surface area (Å²) in [5, 5.41) is 0. The van der Waals surface area contributed by atoms with E-state index in [1.54, 1.807) is 27.3 Å². The molecule has 2 atom stereocenters. The first-order valence-electron chi connectivity index (χ1n) is 12.9. The molecular weight excluding hydrogens is 496 g/mol. The molecule has 0 saturated carbocycles. The van der Waals surface area contributed by atoms with Gasteiger partial charge in [0.15, 0.2) is 0 Å². The van der Waals surface area contributed by atoms with E-state index in [2.05, 4.69) is 17.1 Å². The number of hydrogen-bond acceptors (Lipinski definition) is 6. The first-order valence-corrected chi connectivity index (χ1v) is 12.9. The number of nitrogens with zero attached hydrogens (tertiary/aromatic N) is 1. The minimum absolute atomic E-state index is 0.256. The fourth-order valence-corrected chi connectivity index (χ4v) is 5.11. The van der Waals surface area contributed by atoms with Gasteiger partial charge in [0.05, 0.1) is 26.9 Å². The van der Waals surface area contributed by atoms with Gasteiger partial charge in [-0.3, -0.25) is 14.3 Å². The van der Waals surface area contributed by atoms with Crippen molar-refractivity contribution in [1.29, 1.82) is 0 Å². The quantitative estimate of drug-likeness (QED) is 0.321. The highest BCUT2D eigenvalue weighted by molar-refractivity contribution is 5.49. The van der Waals surface area contributed by atoms with Gasteiger partial charge in [0, 0.05) is 11.8 Å². The van der Waals surface area contributed by atoms with Crippen molar-refractivity contribution in [1.82, 2.24) is 9.55 Å². The zero-order valence-corrected chi connectivity index (χ0v) is 22.3. The molecule has 0 aliphatic carbocycles. The number of aryl methyl sites for hydroxylation is 1. The number of ether oxygens (including phenoxy) is 4. The number of aromatic amines is 1. The molecule has 39 heavy (non-hydrogen) atoms. The van der Waals surface area contributed by atoms with Crippen LogP contribution in [-0.4, -0.2) is 36.5 Å². The molecule has 8 heteroatoms. The molecule has 0 radical (unpaired) electrons. The second kappa shape index (κ2) is 11.3. The average Bonchev–Trinajstić information content (AvgIpc) is 3.45. The number of hydrogen-bond donors (Lipinski definition) is 1. The van der Waals surface area contributed by atoms with Crippen molar-refractivity contribution in [2.24, 2.45) is 0 Å². The maximum Gasteiger partial charge on any atom is 0.330 e. The number of H-pyrrole nitrogens is 1. The number of aromatic nitrogens is 2. The van der Waals surface area contributed by atoms with E-state index in [0.717, 1.165) is 28.2 Å². The Morgan fingerprint density at radius 1 is 0.846 bits per heavy atom. The number of nitrogens with one attached hydrogen (secondary N) is 1. The van der Waals surface area contributed by atoms with Crippen molar-refractivity contribution in [3.05, 3.63) is 128 Å². The lowest BCUT2D eigenvalue weighted by Gasteiger charge is -2.37. The Balaban J connectivity index is 1.51. The van der Waals surface area contributed by atoms with E-state index in [9.17, 15) is 9.59 Å². The van der Waals surface area contributed by atoms with Gasteiger partial charge < -0.3 is 18.9 Å². The molecule has 3 aromatic carbocycles. The highest BCUT2D eigenvalue weighted by atomic mass is 16.6. The molecule has 0 bridgehead atoms. The summed E-state index contributed by atoms with van der Waals surface area (Å²) in [5.74, 6) is 1.50. The van der Waals surface area contributed by atoms with E-state index in [-0.39, 0.29) is 18.3 Å². The molecule has 0 spiro atoms. The van der Waals surface area contributed by atoms with Crippen LogP contribution in [0.2, 0.25) is 0 Å². The van der Waals surface area contributed by atoms with Crippen LogP contribution in [0.5, 0.6) is 11.5 Å². The third kappa shape index (κ3) is 5.26. The topological polar surface area (TPSA) is 91.8 Å². The molecule has 1 saturated heterocycles. The third-order valence-corrected chi connectivity index (χ3v) is 7.20. The molecule has 1 unspecified atom stereocenters. The molecule has 0 amide bonds. The van der Waals surface area contributed by atoms with Crippen LogP contribution in [0.3, 0.4) is 0 Å². The predicted molar refractivity (Wildman–Crippen MR) is 147 cm³/mol. The van der Waals surface area contributed by atoms with Crippen molar-refractivity contribution in [2.75, 3.05) is 20.8 Å². The molecule has 4 aromatic rings. The monoisotopic (exact) mass is 528 g/mol. The van der Waals surface area contributed by atoms with Crippen LogP contribution in [0.1, 0.15) is 41.3 Å². The van der Waals surface area contributed by atoms with Gasteiger partial charge in [0.25, 0.3) is 5.56 Å². The predicted octanol–water partition coefficient (Wildman–Crippen LogP) is 4.55. The second-order valence-corrected chi connectivity index (χ2v) is 9.58. The van der Waals surface area contributed by atoms with Gasteiger partial charge in [0.1, 0.15) is 23.3 Å². The fourth-order valence-electron chi connectivity index (χ4n) is 5.11. The van der Waals surface area contributed by atoms with Gasteiger partial charge in [-0.15, -0.1) is 0 Å². The summed E-state index contributed by atoms with van der Waals surface area (Å²) in [6.45, 7) is 1.95. The molecule has 202 valence electrons. The second-order valence-electron chi connectivity index (χ2n) is 9.58. The number of rotatable bonds is 9. The van der Waals surface area contributed by atoms with Gasteiger partial charge in [-0.25, -0.2) is 4.79 Å². The fraction of sp³-hybridized carbons (Fsp3) is 0.290. The highest BCUT2D eigenvalue weighted by Gasteiger charge is 2.39. The first-order chi connectivity index (χ1) is 18.9. The van der Waals surface area contributed by atoms with Gasteiger partial charge in [-0.1, -0.05) is 54.6 Å². The third-order valence-electron chi connectivity index (χ3n) is 7.20. The van der Waals surface area contributed by atoms with Crippen LogP contribution >= 0.6 is 0 Å². The van der Waals surface area contributed by atoms with Crippen molar-refractivity contribution in [3.63, 3.8) is 0 Å². The van der Waals surface area contributed by atoms with Crippen molar-refractivity contribution in [2.45, 2.75) is 37.7 Å². The summed E-state index contributed by atoms with van der Waals surface area (Å²) in [6.07, 6.45) is 2.15. The molecule has 1 aliphatic rings. The van der Waals surface area contributed by atoms with E-state index < -0.39 is 17.5 Å². The summed E-state index contributed by atoms with van der Waals surface area (Å²) in [7, 11) is 3.28. The largest absolute Gasteiger partial charge is 0.497 e. The standard InChI is InChI=1S/C31H32N2O6/c1-21-19-33(30(35)32-29(21)34)28-18-17-27(39-28)20-38-31(22-7-5-4-6-8-22,23-9-13-25(36-2)14-10-23)24-11-15-26(37-3)16-12-24/h4-16,19,27-28H,17-18,20H2,1-3H3,(H,32,34,35)/t27-,28?/m0/s1. The van der Waals surface area contributed by atoms with Crippen LogP contribution in [0.4, 0.5) is 0 Å². The van der Waals surface area contributed by atoms with Crippen LogP contribution in [0.25, 0.3) is 0 Å². The minimum Gasteiger partial charge on any atom is -0.497 e. The minimum atomic E-state index is -0.952. The smallest absolute Gasteiger partial charge is 0.330 e. The number of methoxy groups -OCH3 is 2. The molecular formula is C31H32N2O6. The van der Waals surface area contributed by atoms with E-state index in [0.29, 0.717) is 18.4 Å². The van der Waals surface area contributed by atoms with E-state index in [1.165, 1.54) is 4.57 Å². The first kappa shape index (κ1) is 26.5. The van der Waals surface area contributed by atoms with E-state index in [1.807, 2.05) is 66.7 Å². The Bertz CT molecular complexity index is 1460. The van der Waals surface area contributed by atoms with Crippen molar-refractivity contribution < 1.29 is 18.9 Å². The zero-order chi connectivity index (χ0) is 27.4. The molecule has 2 heterocycles.